The van der Waals surface area contributed by atoms with Gasteiger partial charge in [0.1, 0.15) is 0 Å². The van der Waals surface area contributed by atoms with E-state index < -0.39 is 5.91 Å². The van der Waals surface area contributed by atoms with E-state index in [1.165, 1.54) is 0 Å². The minimum atomic E-state index is -0.481. The van der Waals surface area contributed by atoms with Gasteiger partial charge >= 0.3 is 0 Å². The fraction of sp³-hybridized carbons (Fsp3) is 0.444. The van der Waals surface area contributed by atoms with Gasteiger partial charge in [-0.05, 0) is 56.0 Å². The molecule has 0 spiro atoms. The average molecular weight is 504 g/mol. The van der Waals surface area contributed by atoms with Gasteiger partial charge in [-0.15, -0.1) is 0 Å². The van der Waals surface area contributed by atoms with Crippen molar-refractivity contribution < 1.29 is 4.79 Å². The summed E-state index contributed by atoms with van der Waals surface area (Å²) >= 11 is 0. The van der Waals surface area contributed by atoms with E-state index in [0.29, 0.717) is 29.3 Å². The van der Waals surface area contributed by atoms with Gasteiger partial charge in [0.15, 0.2) is 0 Å². The molecule has 1 fully saturated rings. The maximum Gasteiger partial charge on any atom is 0.248 e. The molecule has 196 valence electrons. The molecular formula is C27H37N9O. The predicted octanol–water partition coefficient (Wildman–Crippen LogP) is 3.50. The van der Waals surface area contributed by atoms with Crippen LogP contribution in [0.4, 0.5) is 23.5 Å². The average Bonchev–Trinajstić information content (AvgIpc) is 3.26. The lowest BCUT2D eigenvalue weighted by Crippen LogP contribution is -2.29. The van der Waals surface area contributed by atoms with Crippen LogP contribution < -0.4 is 21.3 Å². The number of primary amides is 1. The van der Waals surface area contributed by atoms with Crippen molar-refractivity contribution in [2.24, 2.45) is 11.7 Å². The Morgan fingerprint density at radius 1 is 1.14 bits per heavy atom. The van der Waals surface area contributed by atoms with Crippen LogP contribution >= 0.6 is 0 Å². The highest BCUT2D eigenvalue weighted by Gasteiger charge is 2.24. The molecule has 4 rings (SSSR count). The van der Waals surface area contributed by atoms with E-state index in [1.807, 2.05) is 37.9 Å². The Hall–Kier alpha value is -3.79. The van der Waals surface area contributed by atoms with Crippen LogP contribution in [0.5, 0.6) is 0 Å². The number of carbonyl (C=O) groups excluding carboxylic acids is 1. The largest absolute Gasteiger partial charge is 0.366 e. The Balaban J connectivity index is 1.53. The molecule has 0 unspecified atom stereocenters. The van der Waals surface area contributed by atoms with E-state index in [1.54, 1.807) is 12.1 Å². The van der Waals surface area contributed by atoms with Gasteiger partial charge in [0.2, 0.25) is 23.8 Å². The molecule has 0 radical (unpaired) electrons. The van der Waals surface area contributed by atoms with E-state index in [9.17, 15) is 4.79 Å². The molecular weight excluding hydrogens is 466 g/mol. The Morgan fingerprint density at radius 3 is 2.65 bits per heavy atom. The number of aromatic nitrogens is 4. The van der Waals surface area contributed by atoms with Crippen molar-refractivity contribution in [3.63, 3.8) is 0 Å². The number of nitrogens with zero attached hydrogens (tertiary/aromatic N) is 6. The maximum atomic E-state index is 11.7. The molecule has 1 amide bonds. The number of nitrogens with one attached hydrogen (secondary N) is 2. The zero-order valence-corrected chi connectivity index (χ0v) is 22.3. The van der Waals surface area contributed by atoms with E-state index >= 15 is 0 Å². The molecule has 3 heterocycles. The second-order valence-electron chi connectivity index (χ2n) is 10.2. The van der Waals surface area contributed by atoms with Crippen LogP contribution in [0.2, 0.25) is 0 Å². The summed E-state index contributed by atoms with van der Waals surface area (Å²) in [5, 5.41) is 6.79. The lowest BCUT2D eigenvalue weighted by molar-refractivity contribution is 0.100. The normalized spacial score (nSPS) is 15.7. The molecule has 0 saturated carbocycles. The van der Waals surface area contributed by atoms with E-state index in [-0.39, 0.29) is 6.04 Å². The van der Waals surface area contributed by atoms with E-state index in [2.05, 4.69) is 56.5 Å². The van der Waals surface area contributed by atoms with Crippen molar-refractivity contribution in [3.8, 4) is 0 Å². The number of likely N-dealkylation sites (tertiary alicyclic amines) is 1. The van der Waals surface area contributed by atoms with Gasteiger partial charge in [0.25, 0.3) is 0 Å². The number of rotatable bonds is 10. The monoisotopic (exact) mass is 503 g/mol. The second kappa shape index (κ2) is 11.5. The topological polar surface area (TPSA) is 125 Å². The van der Waals surface area contributed by atoms with Crippen LogP contribution in [-0.2, 0) is 6.54 Å². The minimum Gasteiger partial charge on any atom is -0.366 e. The fourth-order valence-electron chi connectivity index (χ4n) is 4.51. The number of aryl methyl sites for hydroxylation is 2. The number of pyridine rings is 1. The van der Waals surface area contributed by atoms with Crippen LogP contribution in [0.25, 0.3) is 0 Å². The molecule has 3 aromatic rings. The van der Waals surface area contributed by atoms with Gasteiger partial charge in [-0.1, -0.05) is 26.0 Å². The van der Waals surface area contributed by atoms with Crippen molar-refractivity contribution in [1.82, 2.24) is 24.8 Å². The second-order valence-corrected chi connectivity index (χ2v) is 10.2. The number of hydrogen-bond acceptors (Lipinski definition) is 9. The molecule has 37 heavy (non-hydrogen) atoms. The first-order valence-corrected chi connectivity index (χ1v) is 12.7. The highest BCUT2D eigenvalue weighted by Crippen LogP contribution is 2.23. The number of hydrogen-bond donors (Lipinski definition) is 3. The summed E-state index contributed by atoms with van der Waals surface area (Å²) in [5.74, 6) is 1.47. The Kier molecular flexibility index (Phi) is 8.17. The summed E-state index contributed by atoms with van der Waals surface area (Å²) < 4.78 is 0. The first-order chi connectivity index (χ1) is 17.7. The number of benzene rings is 1. The van der Waals surface area contributed by atoms with Crippen LogP contribution in [0.15, 0.2) is 36.4 Å². The molecule has 0 bridgehead atoms. The molecule has 1 aliphatic heterocycles. The quantitative estimate of drug-likeness (QED) is 0.381. The smallest absolute Gasteiger partial charge is 0.248 e. The summed E-state index contributed by atoms with van der Waals surface area (Å²) in [6, 6.07) is 11.6. The van der Waals surface area contributed by atoms with Crippen LogP contribution in [0.1, 0.15) is 47.6 Å². The molecule has 1 aromatic carbocycles. The van der Waals surface area contributed by atoms with E-state index in [0.717, 1.165) is 55.2 Å². The third-order valence-electron chi connectivity index (χ3n) is 6.31. The lowest BCUT2D eigenvalue weighted by Gasteiger charge is -2.22. The number of nitrogens with two attached hydrogens (primary N) is 1. The van der Waals surface area contributed by atoms with Crippen molar-refractivity contribution in [1.29, 1.82) is 0 Å². The summed E-state index contributed by atoms with van der Waals surface area (Å²) in [7, 11) is 1.98. The molecule has 10 nitrogen and oxygen atoms in total. The van der Waals surface area contributed by atoms with Crippen LogP contribution in [-0.4, -0.2) is 63.5 Å². The third kappa shape index (κ3) is 7.13. The van der Waals surface area contributed by atoms with Gasteiger partial charge in [0.05, 0.1) is 5.69 Å². The van der Waals surface area contributed by atoms with Crippen molar-refractivity contribution >= 4 is 29.4 Å². The predicted molar refractivity (Wildman–Crippen MR) is 147 cm³/mol. The van der Waals surface area contributed by atoms with Crippen LogP contribution in [0, 0.1) is 19.8 Å². The Bertz CT molecular complexity index is 1250. The first-order valence-electron chi connectivity index (χ1n) is 12.7. The zero-order valence-electron chi connectivity index (χ0n) is 22.3. The summed E-state index contributed by atoms with van der Waals surface area (Å²) in [4.78, 5) is 34.8. The standard InChI is InChI=1S/C27H37N9O/c1-17(2)14-35(5)27-33-25(30-22-11-12-36(16-22)15-21-8-6-7-19(4)29-21)32-26(34-27)31-23-13-20(24(28)37)10-9-18(23)3/h6-10,13,17,22H,11-12,14-16H2,1-5H3,(H2,28,37)(H2,30,31,32,33,34)/t22-/m0/s1. The highest BCUT2D eigenvalue weighted by molar-refractivity contribution is 5.94. The summed E-state index contributed by atoms with van der Waals surface area (Å²) in [5.41, 5.74) is 9.70. The van der Waals surface area contributed by atoms with Gasteiger partial charge in [-0.2, -0.15) is 15.0 Å². The zero-order chi connectivity index (χ0) is 26.5. The molecule has 1 atom stereocenters. The first kappa shape index (κ1) is 26.3. The Morgan fingerprint density at radius 2 is 1.92 bits per heavy atom. The van der Waals surface area contributed by atoms with E-state index in [4.69, 9.17) is 10.7 Å². The molecule has 10 heteroatoms. The minimum absolute atomic E-state index is 0.211. The molecule has 2 aromatic heterocycles. The third-order valence-corrected chi connectivity index (χ3v) is 6.31. The van der Waals surface area contributed by atoms with Crippen molar-refractivity contribution in [2.75, 3.05) is 42.2 Å². The molecule has 1 aliphatic rings. The Labute approximate surface area is 218 Å². The van der Waals surface area contributed by atoms with Crippen LogP contribution in [0.3, 0.4) is 0 Å². The fourth-order valence-corrected chi connectivity index (χ4v) is 4.51. The number of anilines is 4. The molecule has 4 N–H and O–H groups in total. The maximum absolute atomic E-state index is 11.7. The van der Waals surface area contributed by atoms with Gasteiger partial charge < -0.3 is 21.3 Å². The molecule has 0 aliphatic carbocycles. The molecule has 1 saturated heterocycles. The number of carbonyl (C=O) groups is 1. The van der Waals surface area contributed by atoms with Gasteiger partial charge in [-0.3, -0.25) is 14.7 Å². The number of amides is 1. The lowest BCUT2D eigenvalue weighted by atomic mass is 10.1. The van der Waals surface area contributed by atoms with Crippen molar-refractivity contribution in [2.45, 2.75) is 46.7 Å². The summed E-state index contributed by atoms with van der Waals surface area (Å²) in [6.45, 7) is 11.8. The SMILES string of the molecule is Cc1cccc(CN2CC[C@H](Nc3nc(Nc4cc(C(N)=O)ccc4C)nc(N(C)CC(C)C)n3)C2)n1. The highest BCUT2D eigenvalue weighted by atomic mass is 16.1. The van der Waals surface area contributed by atoms with Gasteiger partial charge in [-0.25, -0.2) is 0 Å². The van der Waals surface area contributed by atoms with Crippen molar-refractivity contribution in [3.05, 3.63) is 58.9 Å². The van der Waals surface area contributed by atoms with Gasteiger partial charge in [0, 0.05) is 56.2 Å². The summed E-state index contributed by atoms with van der Waals surface area (Å²) in [6.07, 6.45) is 0.983.